The number of anilines is 1. The molecule has 0 unspecified atom stereocenters. The molecule has 0 spiro atoms. The zero-order valence-corrected chi connectivity index (χ0v) is 15.4. The Balaban J connectivity index is 2.33. The highest BCUT2D eigenvalue weighted by molar-refractivity contribution is 6.31. The van der Waals surface area contributed by atoms with Crippen molar-refractivity contribution in [3.05, 3.63) is 28.8 Å². The van der Waals surface area contributed by atoms with Gasteiger partial charge in [-0.15, -0.1) is 0 Å². The van der Waals surface area contributed by atoms with Crippen molar-refractivity contribution in [3.8, 4) is 0 Å². The number of unbranched alkanes of at least 4 members (excludes halogenated alkanes) is 2. The molecule has 0 fully saturated rings. The number of ether oxygens (including phenoxy) is 1. The molecule has 1 rings (SSSR count). The van der Waals surface area contributed by atoms with Crippen LogP contribution in [0.2, 0.25) is 5.02 Å². The fourth-order valence-corrected chi connectivity index (χ4v) is 2.30. The quantitative estimate of drug-likeness (QED) is 0.483. The lowest BCUT2D eigenvalue weighted by molar-refractivity contribution is -0.147. The molecule has 0 saturated carbocycles. The third-order valence-corrected chi connectivity index (χ3v) is 3.68. The average Bonchev–Trinajstić information content (AvgIpc) is 2.56. The van der Waals surface area contributed by atoms with Gasteiger partial charge < -0.3 is 15.4 Å². The molecule has 2 amide bonds. The van der Waals surface area contributed by atoms with Crippen LogP contribution in [0.5, 0.6) is 0 Å². The van der Waals surface area contributed by atoms with Crippen LogP contribution >= 0.6 is 11.6 Å². The van der Waals surface area contributed by atoms with Gasteiger partial charge in [-0.25, -0.2) is 0 Å². The lowest BCUT2D eigenvalue weighted by Gasteiger charge is -2.12. The van der Waals surface area contributed by atoms with E-state index >= 15 is 0 Å². The standard InChI is InChI=1S/C17H20ClF3N2O4/c1-11(24)22-8-4-2-3-5-16(26)27-10-15(25)23-12-6-7-14(18)13(9-12)17(19,20)21/h6-7,9H,2-5,8,10H2,1H3,(H,22,24)(H,23,25). The van der Waals surface area contributed by atoms with Crippen molar-refractivity contribution in [1.29, 1.82) is 0 Å². The molecule has 2 N–H and O–H groups in total. The number of carbonyl (C=O) groups is 3. The topological polar surface area (TPSA) is 84.5 Å². The second-order valence-electron chi connectivity index (χ2n) is 5.69. The second-order valence-corrected chi connectivity index (χ2v) is 6.10. The lowest BCUT2D eigenvalue weighted by atomic mass is 10.2. The van der Waals surface area contributed by atoms with Crippen LogP contribution in [0.4, 0.5) is 18.9 Å². The van der Waals surface area contributed by atoms with Crippen molar-refractivity contribution >= 4 is 35.1 Å². The van der Waals surface area contributed by atoms with Gasteiger partial charge in [0.1, 0.15) is 0 Å². The van der Waals surface area contributed by atoms with Crippen LogP contribution in [-0.2, 0) is 25.3 Å². The minimum atomic E-state index is -4.65. The SMILES string of the molecule is CC(=O)NCCCCCC(=O)OCC(=O)Nc1ccc(Cl)c(C(F)(F)F)c1. The number of benzene rings is 1. The van der Waals surface area contributed by atoms with Gasteiger partial charge in [-0.05, 0) is 31.0 Å². The number of alkyl halides is 3. The molecule has 6 nitrogen and oxygen atoms in total. The maximum absolute atomic E-state index is 12.8. The van der Waals surface area contributed by atoms with E-state index < -0.39 is 35.2 Å². The minimum Gasteiger partial charge on any atom is -0.456 e. The van der Waals surface area contributed by atoms with Gasteiger partial charge in [-0.2, -0.15) is 13.2 Å². The van der Waals surface area contributed by atoms with Crippen molar-refractivity contribution in [2.45, 2.75) is 38.8 Å². The molecule has 0 aliphatic rings. The number of halogens is 4. The number of esters is 1. The fraction of sp³-hybridized carbons (Fsp3) is 0.471. The first-order valence-corrected chi connectivity index (χ1v) is 8.54. The molecule has 1 aromatic carbocycles. The molecule has 0 saturated heterocycles. The first kappa shape index (κ1) is 22.8. The lowest BCUT2D eigenvalue weighted by Crippen LogP contribution is -2.21. The van der Waals surface area contributed by atoms with E-state index in [0.29, 0.717) is 31.9 Å². The Bertz CT molecular complexity index is 681. The summed E-state index contributed by atoms with van der Waals surface area (Å²) in [5, 5.41) is 4.36. The molecule has 150 valence electrons. The van der Waals surface area contributed by atoms with Crippen molar-refractivity contribution in [3.63, 3.8) is 0 Å². The smallest absolute Gasteiger partial charge is 0.417 e. The zero-order chi connectivity index (χ0) is 20.4. The summed E-state index contributed by atoms with van der Waals surface area (Å²) in [6.45, 7) is 1.33. The first-order valence-electron chi connectivity index (χ1n) is 8.16. The van der Waals surface area contributed by atoms with Crippen LogP contribution in [0.1, 0.15) is 38.2 Å². The minimum absolute atomic E-state index is 0.104. The first-order chi connectivity index (χ1) is 12.6. The summed E-state index contributed by atoms with van der Waals surface area (Å²) < 4.78 is 43.1. The van der Waals surface area contributed by atoms with E-state index in [-0.39, 0.29) is 18.0 Å². The molecule has 0 radical (unpaired) electrons. The van der Waals surface area contributed by atoms with E-state index in [1.807, 2.05) is 0 Å². The van der Waals surface area contributed by atoms with Crippen molar-refractivity contribution < 1.29 is 32.3 Å². The number of carbonyl (C=O) groups excluding carboxylic acids is 3. The summed E-state index contributed by atoms with van der Waals surface area (Å²) in [5.74, 6) is -1.47. The van der Waals surface area contributed by atoms with Crippen LogP contribution in [-0.4, -0.2) is 30.9 Å². The fourth-order valence-electron chi connectivity index (χ4n) is 2.07. The summed E-state index contributed by atoms with van der Waals surface area (Å²) in [6, 6.07) is 2.94. The maximum atomic E-state index is 12.8. The van der Waals surface area contributed by atoms with Crippen LogP contribution < -0.4 is 10.6 Å². The Morgan fingerprint density at radius 2 is 1.85 bits per heavy atom. The molecule has 0 atom stereocenters. The van der Waals surface area contributed by atoms with Crippen LogP contribution in [0.25, 0.3) is 0 Å². The van der Waals surface area contributed by atoms with Gasteiger partial charge in [0.15, 0.2) is 6.61 Å². The van der Waals surface area contributed by atoms with Gasteiger partial charge in [0.25, 0.3) is 5.91 Å². The number of rotatable bonds is 9. The van der Waals surface area contributed by atoms with E-state index in [0.717, 1.165) is 6.07 Å². The Morgan fingerprint density at radius 3 is 2.48 bits per heavy atom. The highest BCUT2D eigenvalue weighted by Crippen LogP contribution is 2.36. The summed E-state index contributed by atoms with van der Waals surface area (Å²) in [6.07, 6.45) is -2.60. The van der Waals surface area contributed by atoms with Crippen LogP contribution in [0.15, 0.2) is 18.2 Å². The molecule has 0 aromatic heterocycles. The zero-order valence-electron chi connectivity index (χ0n) is 14.6. The third-order valence-electron chi connectivity index (χ3n) is 3.35. The van der Waals surface area contributed by atoms with E-state index in [1.165, 1.54) is 13.0 Å². The Hall–Kier alpha value is -2.29. The highest BCUT2D eigenvalue weighted by Gasteiger charge is 2.33. The molecule has 0 bridgehead atoms. The number of hydrogen-bond acceptors (Lipinski definition) is 4. The van der Waals surface area contributed by atoms with Gasteiger partial charge in [-0.3, -0.25) is 14.4 Å². The van der Waals surface area contributed by atoms with Crippen LogP contribution in [0, 0.1) is 0 Å². The summed E-state index contributed by atoms with van der Waals surface area (Å²) in [7, 11) is 0. The molecule has 1 aromatic rings. The van der Waals surface area contributed by atoms with Crippen molar-refractivity contribution in [2.24, 2.45) is 0 Å². The van der Waals surface area contributed by atoms with Gasteiger partial charge in [0.2, 0.25) is 5.91 Å². The van der Waals surface area contributed by atoms with E-state index in [9.17, 15) is 27.6 Å². The van der Waals surface area contributed by atoms with Gasteiger partial charge >= 0.3 is 12.1 Å². The van der Waals surface area contributed by atoms with Gasteiger partial charge in [-0.1, -0.05) is 18.0 Å². The molecular formula is C17H20ClF3N2O4. The van der Waals surface area contributed by atoms with E-state index in [4.69, 9.17) is 16.3 Å². The van der Waals surface area contributed by atoms with Crippen LogP contribution in [0.3, 0.4) is 0 Å². The molecule has 27 heavy (non-hydrogen) atoms. The van der Waals surface area contributed by atoms with E-state index in [1.54, 1.807) is 0 Å². The second kappa shape index (κ2) is 10.8. The molecule has 0 heterocycles. The molecular weight excluding hydrogens is 389 g/mol. The normalized spacial score (nSPS) is 11.0. The predicted molar refractivity (Wildman–Crippen MR) is 93.2 cm³/mol. The molecule has 0 aliphatic heterocycles. The maximum Gasteiger partial charge on any atom is 0.417 e. The van der Waals surface area contributed by atoms with Crippen molar-refractivity contribution in [1.82, 2.24) is 5.32 Å². The van der Waals surface area contributed by atoms with E-state index in [2.05, 4.69) is 10.6 Å². The monoisotopic (exact) mass is 408 g/mol. The summed E-state index contributed by atoms with van der Waals surface area (Å²) >= 11 is 5.49. The Kier molecular flexibility index (Phi) is 9.07. The number of hydrogen-bond donors (Lipinski definition) is 2. The predicted octanol–water partition coefficient (Wildman–Crippen LogP) is 3.54. The Morgan fingerprint density at radius 1 is 1.15 bits per heavy atom. The average molecular weight is 409 g/mol. The van der Waals surface area contributed by atoms with Gasteiger partial charge in [0.05, 0.1) is 10.6 Å². The van der Waals surface area contributed by atoms with Gasteiger partial charge in [0, 0.05) is 25.6 Å². The largest absolute Gasteiger partial charge is 0.456 e. The number of amides is 2. The third kappa shape index (κ3) is 9.28. The number of nitrogens with one attached hydrogen (secondary N) is 2. The Labute approximate surface area is 159 Å². The summed E-state index contributed by atoms with van der Waals surface area (Å²) in [4.78, 5) is 33.9. The summed E-state index contributed by atoms with van der Waals surface area (Å²) in [5.41, 5.74) is -1.18. The van der Waals surface area contributed by atoms with Crippen molar-refractivity contribution in [2.75, 3.05) is 18.5 Å². The molecule has 10 heteroatoms. The molecule has 0 aliphatic carbocycles. The highest BCUT2D eigenvalue weighted by atomic mass is 35.5.